The van der Waals surface area contributed by atoms with Crippen LogP contribution >= 0.6 is 22.9 Å². The van der Waals surface area contributed by atoms with Crippen LogP contribution in [0.15, 0.2) is 59.5 Å². The summed E-state index contributed by atoms with van der Waals surface area (Å²) in [7, 11) is -3.62. The van der Waals surface area contributed by atoms with Gasteiger partial charge in [0, 0.05) is 30.1 Å². The Hall–Kier alpha value is -2.79. The van der Waals surface area contributed by atoms with Gasteiger partial charge in [-0.2, -0.15) is 14.1 Å². The van der Waals surface area contributed by atoms with Crippen molar-refractivity contribution in [3.8, 4) is 5.13 Å². The fourth-order valence-electron chi connectivity index (χ4n) is 4.03. The van der Waals surface area contributed by atoms with Gasteiger partial charge in [-0.15, -0.1) is 0 Å². The molecule has 4 aromatic rings. The number of benzene rings is 2. The maximum absolute atomic E-state index is 13.0. The number of nitrogens with zero attached hydrogens (tertiary/aromatic N) is 4. The van der Waals surface area contributed by atoms with E-state index in [9.17, 15) is 13.2 Å². The van der Waals surface area contributed by atoms with Gasteiger partial charge >= 0.3 is 0 Å². The minimum absolute atomic E-state index is 0.147. The normalized spacial score (nSPS) is 15.6. The van der Waals surface area contributed by atoms with Crippen molar-refractivity contribution in [2.45, 2.75) is 24.7 Å². The number of halogens is 1. The molecule has 0 atom stereocenters. The van der Waals surface area contributed by atoms with Crippen LogP contribution in [0.1, 0.15) is 18.5 Å². The molecule has 0 bridgehead atoms. The number of carbonyl (C=O) groups is 1. The van der Waals surface area contributed by atoms with Gasteiger partial charge in [0.15, 0.2) is 0 Å². The Kier molecular flexibility index (Phi) is 6.15. The third-order valence-corrected chi connectivity index (χ3v) is 9.00. The lowest BCUT2D eigenvalue weighted by Crippen LogP contribution is -2.41. The van der Waals surface area contributed by atoms with Gasteiger partial charge in [-0.3, -0.25) is 4.79 Å². The number of hydrogen-bond acceptors (Lipinski definition) is 6. The molecule has 0 spiro atoms. The summed E-state index contributed by atoms with van der Waals surface area (Å²) in [5.41, 5.74) is 1.64. The third-order valence-electron chi connectivity index (χ3n) is 5.82. The number of piperidine rings is 1. The van der Waals surface area contributed by atoms with Crippen LogP contribution in [0.2, 0.25) is 5.02 Å². The van der Waals surface area contributed by atoms with E-state index in [1.54, 1.807) is 16.8 Å². The molecule has 0 aliphatic carbocycles. The molecule has 176 valence electrons. The molecule has 0 saturated carbocycles. The van der Waals surface area contributed by atoms with Crippen LogP contribution in [-0.2, 0) is 14.8 Å². The molecule has 1 fully saturated rings. The van der Waals surface area contributed by atoms with Gasteiger partial charge in [-0.05, 0) is 56.2 Å². The molecule has 0 unspecified atom stereocenters. The SMILES string of the molecule is Cc1cc(NC(=O)C2CCN(S(=O)(=O)c3ccc(Cl)cc3)CC2)n(-c2nc3ccccc3s2)n1. The fraction of sp³-hybridized carbons (Fsp3) is 0.261. The summed E-state index contributed by atoms with van der Waals surface area (Å²) in [5, 5.41) is 8.65. The van der Waals surface area contributed by atoms with E-state index < -0.39 is 10.0 Å². The minimum atomic E-state index is -3.62. The summed E-state index contributed by atoms with van der Waals surface area (Å²) in [4.78, 5) is 17.9. The summed E-state index contributed by atoms with van der Waals surface area (Å²) in [5.74, 6) is 0.110. The van der Waals surface area contributed by atoms with E-state index in [2.05, 4.69) is 15.4 Å². The lowest BCUT2D eigenvalue weighted by atomic mass is 9.97. The average molecular weight is 516 g/mol. The van der Waals surface area contributed by atoms with Gasteiger partial charge in [0.25, 0.3) is 0 Å². The van der Waals surface area contributed by atoms with Crippen molar-refractivity contribution < 1.29 is 13.2 Å². The molecule has 8 nitrogen and oxygen atoms in total. The number of amides is 1. The van der Waals surface area contributed by atoms with E-state index in [1.165, 1.54) is 27.8 Å². The quantitative estimate of drug-likeness (QED) is 0.422. The lowest BCUT2D eigenvalue weighted by molar-refractivity contribution is -0.120. The summed E-state index contributed by atoms with van der Waals surface area (Å²) in [6.45, 7) is 2.41. The van der Waals surface area contributed by atoms with Crippen molar-refractivity contribution in [2.75, 3.05) is 18.4 Å². The first-order valence-electron chi connectivity index (χ1n) is 10.8. The minimum Gasteiger partial charge on any atom is -0.310 e. The Morgan fingerprint density at radius 1 is 1.12 bits per heavy atom. The van der Waals surface area contributed by atoms with Gasteiger partial charge in [0.2, 0.25) is 21.1 Å². The molecule has 1 amide bonds. The zero-order chi connectivity index (χ0) is 23.9. The second-order valence-electron chi connectivity index (χ2n) is 8.17. The van der Waals surface area contributed by atoms with Gasteiger partial charge < -0.3 is 5.32 Å². The molecule has 1 aliphatic rings. The number of aromatic nitrogens is 3. The predicted molar refractivity (Wildman–Crippen MR) is 133 cm³/mol. The van der Waals surface area contributed by atoms with Crippen molar-refractivity contribution in [1.82, 2.24) is 19.1 Å². The van der Waals surface area contributed by atoms with E-state index in [0.717, 1.165) is 15.9 Å². The molecule has 1 aliphatic heterocycles. The Bertz CT molecular complexity index is 1420. The Morgan fingerprint density at radius 2 is 1.82 bits per heavy atom. The monoisotopic (exact) mass is 515 g/mol. The van der Waals surface area contributed by atoms with Crippen LogP contribution < -0.4 is 5.32 Å². The number of aryl methyl sites for hydroxylation is 1. The predicted octanol–water partition coefficient (Wildman–Crippen LogP) is 4.48. The highest BCUT2D eigenvalue weighted by Gasteiger charge is 2.32. The zero-order valence-electron chi connectivity index (χ0n) is 18.3. The molecule has 2 aromatic carbocycles. The molecule has 1 saturated heterocycles. The molecule has 34 heavy (non-hydrogen) atoms. The third kappa shape index (κ3) is 4.46. The first-order valence-corrected chi connectivity index (χ1v) is 13.4. The van der Waals surface area contributed by atoms with E-state index in [1.807, 2.05) is 37.3 Å². The lowest BCUT2D eigenvalue weighted by Gasteiger charge is -2.30. The molecule has 11 heteroatoms. The van der Waals surface area contributed by atoms with Gasteiger partial charge in [0.05, 0.1) is 20.8 Å². The first kappa shape index (κ1) is 23.0. The second-order valence-corrected chi connectivity index (χ2v) is 11.6. The maximum atomic E-state index is 13.0. The van der Waals surface area contributed by atoms with Gasteiger partial charge in [0.1, 0.15) is 5.82 Å². The number of rotatable bonds is 5. The van der Waals surface area contributed by atoms with Crippen LogP contribution in [0, 0.1) is 12.8 Å². The summed E-state index contributed by atoms with van der Waals surface area (Å²) >= 11 is 7.38. The topological polar surface area (TPSA) is 97.2 Å². The number of nitrogens with one attached hydrogen (secondary N) is 1. The van der Waals surface area contributed by atoms with E-state index >= 15 is 0 Å². The van der Waals surface area contributed by atoms with Crippen LogP contribution in [0.3, 0.4) is 0 Å². The molecule has 0 radical (unpaired) electrons. The van der Waals surface area contributed by atoms with E-state index in [0.29, 0.717) is 28.8 Å². The highest BCUT2D eigenvalue weighted by atomic mass is 35.5. The smallest absolute Gasteiger partial charge is 0.243 e. The molecular formula is C23H22ClN5O3S2. The Balaban J connectivity index is 1.28. The van der Waals surface area contributed by atoms with Crippen molar-refractivity contribution in [1.29, 1.82) is 0 Å². The number of hydrogen-bond donors (Lipinski definition) is 1. The summed E-state index contributed by atoms with van der Waals surface area (Å²) in [6, 6.07) is 15.8. The molecule has 1 N–H and O–H groups in total. The summed E-state index contributed by atoms with van der Waals surface area (Å²) < 4.78 is 29.9. The number of sulfonamides is 1. The highest BCUT2D eigenvalue weighted by molar-refractivity contribution is 7.89. The molecule has 5 rings (SSSR count). The number of fused-ring (bicyclic) bond motifs is 1. The van der Waals surface area contributed by atoms with Crippen LogP contribution in [0.4, 0.5) is 5.82 Å². The van der Waals surface area contributed by atoms with Crippen LogP contribution in [0.5, 0.6) is 0 Å². The van der Waals surface area contributed by atoms with E-state index in [-0.39, 0.29) is 29.8 Å². The van der Waals surface area contributed by atoms with Crippen molar-refractivity contribution >= 4 is 54.9 Å². The largest absolute Gasteiger partial charge is 0.310 e. The summed E-state index contributed by atoms with van der Waals surface area (Å²) in [6.07, 6.45) is 0.875. The maximum Gasteiger partial charge on any atom is 0.243 e. The van der Waals surface area contributed by atoms with Crippen molar-refractivity contribution in [3.05, 3.63) is 65.3 Å². The number of carbonyl (C=O) groups excluding carboxylic acids is 1. The molecule has 2 aromatic heterocycles. The van der Waals surface area contributed by atoms with Gasteiger partial charge in [-0.1, -0.05) is 35.1 Å². The Labute approximate surface area is 206 Å². The molecular weight excluding hydrogens is 494 g/mol. The number of anilines is 1. The Morgan fingerprint density at radius 3 is 2.53 bits per heavy atom. The van der Waals surface area contributed by atoms with Crippen LogP contribution in [0.25, 0.3) is 15.3 Å². The number of thiazole rings is 1. The van der Waals surface area contributed by atoms with Gasteiger partial charge in [-0.25, -0.2) is 13.4 Å². The van der Waals surface area contributed by atoms with Crippen molar-refractivity contribution in [2.24, 2.45) is 5.92 Å². The second kappa shape index (κ2) is 9.10. The zero-order valence-corrected chi connectivity index (χ0v) is 20.7. The first-order chi connectivity index (χ1) is 16.3. The average Bonchev–Trinajstić information content (AvgIpc) is 3.42. The molecule has 3 heterocycles. The fourth-order valence-corrected chi connectivity index (χ4v) is 6.55. The van der Waals surface area contributed by atoms with Crippen LogP contribution in [-0.4, -0.2) is 46.5 Å². The van der Waals surface area contributed by atoms with E-state index in [4.69, 9.17) is 11.6 Å². The highest BCUT2D eigenvalue weighted by Crippen LogP contribution is 2.29. The standard InChI is InChI=1S/C23H22ClN5O3S2/c1-15-14-21(29(27-15)23-25-19-4-2-3-5-20(19)33-23)26-22(30)16-10-12-28(13-11-16)34(31,32)18-8-6-17(24)7-9-18/h2-9,14,16H,10-13H2,1H3,(H,26,30). The van der Waals surface area contributed by atoms with Crippen molar-refractivity contribution in [3.63, 3.8) is 0 Å². The number of para-hydroxylation sites is 1.